The van der Waals surface area contributed by atoms with Gasteiger partial charge in [-0.3, -0.25) is 0 Å². The molecule has 2 rings (SSSR count). The van der Waals surface area contributed by atoms with E-state index in [1.807, 2.05) is 0 Å². The summed E-state index contributed by atoms with van der Waals surface area (Å²) in [5.74, 6) is 2.51. The van der Waals surface area contributed by atoms with Crippen LogP contribution < -0.4 is 5.32 Å². The van der Waals surface area contributed by atoms with E-state index >= 15 is 0 Å². The molecule has 1 heterocycles. The fraction of sp³-hybridized carbons (Fsp3) is 0.600. The van der Waals surface area contributed by atoms with Crippen molar-refractivity contribution in [1.29, 1.82) is 0 Å². The predicted octanol–water partition coefficient (Wildman–Crippen LogP) is 3.23. The Morgan fingerprint density at radius 1 is 1.24 bits per heavy atom. The highest BCUT2D eigenvalue weighted by Gasteiger charge is 2.15. The summed E-state index contributed by atoms with van der Waals surface area (Å²) in [6.45, 7) is 7.96. The average Bonchev–Trinajstić information content (AvgIpc) is 2.30. The molecule has 1 aromatic carbocycles. The zero-order valence-electron chi connectivity index (χ0n) is 11.1. The van der Waals surface area contributed by atoms with Crippen molar-refractivity contribution in [3.63, 3.8) is 0 Å². The van der Waals surface area contributed by atoms with Crippen LogP contribution in [0.3, 0.4) is 0 Å². The maximum absolute atomic E-state index is 3.59. The van der Waals surface area contributed by atoms with Gasteiger partial charge in [0.2, 0.25) is 0 Å². The molecule has 0 saturated carbocycles. The Morgan fingerprint density at radius 2 is 1.94 bits per heavy atom. The second-order valence-electron chi connectivity index (χ2n) is 5.88. The average molecular weight is 249 g/mol. The first kappa shape index (κ1) is 13.0. The number of hydrogen-bond acceptors (Lipinski definition) is 2. The third-order valence-corrected chi connectivity index (χ3v) is 4.43. The summed E-state index contributed by atoms with van der Waals surface area (Å²) in [7, 11) is 0. The molecule has 1 aliphatic rings. The van der Waals surface area contributed by atoms with Gasteiger partial charge >= 0.3 is 0 Å². The van der Waals surface area contributed by atoms with E-state index < -0.39 is 0 Å². The van der Waals surface area contributed by atoms with E-state index in [0.29, 0.717) is 6.04 Å². The Morgan fingerprint density at radius 3 is 2.47 bits per heavy atom. The lowest BCUT2D eigenvalue weighted by Crippen LogP contribution is -2.38. The first-order chi connectivity index (χ1) is 8.05. The molecule has 0 bridgehead atoms. The van der Waals surface area contributed by atoms with E-state index in [4.69, 9.17) is 0 Å². The Labute approximate surface area is 109 Å². The molecule has 0 amide bonds. The third-order valence-electron chi connectivity index (χ3n) is 3.30. The van der Waals surface area contributed by atoms with E-state index in [-0.39, 0.29) is 5.41 Å². The van der Waals surface area contributed by atoms with Crippen molar-refractivity contribution in [2.24, 2.45) is 0 Å². The lowest BCUT2D eigenvalue weighted by atomic mass is 9.86. The van der Waals surface area contributed by atoms with Crippen LogP contribution in [-0.4, -0.2) is 24.1 Å². The van der Waals surface area contributed by atoms with E-state index in [0.717, 1.165) is 13.0 Å². The van der Waals surface area contributed by atoms with Gasteiger partial charge in [0, 0.05) is 24.1 Å². The molecule has 1 atom stereocenters. The highest BCUT2D eigenvalue weighted by atomic mass is 32.2. The summed E-state index contributed by atoms with van der Waals surface area (Å²) < 4.78 is 0. The number of benzene rings is 1. The highest BCUT2D eigenvalue weighted by molar-refractivity contribution is 7.99. The highest BCUT2D eigenvalue weighted by Crippen LogP contribution is 2.22. The van der Waals surface area contributed by atoms with Gasteiger partial charge in [-0.15, -0.1) is 0 Å². The molecule has 17 heavy (non-hydrogen) atoms. The molecule has 94 valence electrons. The molecule has 1 N–H and O–H groups in total. The maximum Gasteiger partial charge on any atom is 0.0198 e. The lowest BCUT2D eigenvalue weighted by molar-refractivity contribution is 0.561. The molecule has 1 aromatic rings. The molecule has 1 fully saturated rings. The van der Waals surface area contributed by atoms with Gasteiger partial charge in [-0.2, -0.15) is 11.8 Å². The zero-order chi connectivity index (χ0) is 12.3. The van der Waals surface area contributed by atoms with Crippen LogP contribution in [0.25, 0.3) is 0 Å². The van der Waals surface area contributed by atoms with Crippen molar-refractivity contribution in [3.05, 3.63) is 35.4 Å². The van der Waals surface area contributed by atoms with Gasteiger partial charge < -0.3 is 5.32 Å². The molecule has 0 radical (unpaired) electrons. The Balaban J connectivity index is 1.98. The van der Waals surface area contributed by atoms with Gasteiger partial charge in [-0.05, 0) is 23.0 Å². The molecule has 1 saturated heterocycles. The fourth-order valence-corrected chi connectivity index (χ4v) is 3.13. The molecular formula is C15H23NS. The first-order valence-electron chi connectivity index (χ1n) is 6.46. The minimum absolute atomic E-state index is 0.261. The van der Waals surface area contributed by atoms with Crippen molar-refractivity contribution in [2.45, 2.75) is 38.6 Å². The normalized spacial score (nSPS) is 21.5. The molecule has 0 aliphatic carbocycles. The van der Waals surface area contributed by atoms with Crippen LogP contribution in [0.5, 0.6) is 0 Å². The van der Waals surface area contributed by atoms with Crippen molar-refractivity contribution in [3.8, 4) is 0 Å². The second-order valence-corrected chi connectivity index (χ2v) is 7.03. The Hall–Kier alpha value is -0.470. The van der Waals surface area contributed by atoms with E-state index in [2.05, 4.69) is 62.1 Å². The van der Waals surface area contributed by atoms with Gasteiger partial charge in [0.05, 0.1) is 0 Å². The molecule has 0 spiro atoms. The summed E-state index contributed by atoms with van der Waals surface area (Å²) in [5, 5.41) is 3.59. The van der Waals surface area contributed by atoms with Gasteiger partial charge in [0.15, 0.2) is 0 Å². The quantitative estimate of drug-likeness (QED) is 0.863. The monoisotopic (exact) mass is 249 g/mol. The molecule has 1 nitrogen and oxygen atoms in total. The number of nitrogens with one attached hydrogen (secondary N) is 1. The van der Waals surface area contributed by atoms with Crippen LogP contribution in [0.15, 0.2) is 24.3 Å². The summed E-state index contributed by atoms with van der Waals surface area (Å²) >= 11 is 2.07. The van der Waals surface area contributed by atoms with Gasteiger partial charge in [0.1, 0.15) is 0 Å². The standard InChI is InChI=1S/C15H23NS/c1-15(2,3)13-6-4-12(5-7-13)10-14-11-17-9-8-16-14/h4-7,14,16H,8-11H2,1-3H3. The molecular weight excluding hydrogens is 226 g/mol. The second kappa shape index (κ2) is 5.45. The summed E-state index contributed by atoms with van der Waals surface area (Å²) in [6.07, 6.45) is 1.16. The van der Waals surface area contributed by atoms with Gasteiger partial charge in [-0.25, -0.2) is 0 Å². The van der Waals surface area contributed by atoms with E-state index in [1.54, 1.807) is 0 Å². The minimum atomic E-state index is 0.261. The first-order valence-corrected chi connectivity index (χ1v) is 7.62. The smallest absolute Gasteiger partial charge is 0.0198 e. The fourth-order valence-electron chi connectivity index (χ4n) is 2.18. The van der Waals surface area contributed by atoms with Crippen LogP contribution in [0.1, 0.15) is 31.9 Å². The van der Waals surface area contributed by atoms with Crippen molar-refractivity contribution >= 4 is 11.8 Å². The van der Waals surface area contributed by atoms with E-state index in [9.17, 15) is 0 Å². The van der Waals surface area contributed by atoms with Crippen molar-refractivity contribution in [1.82, 2.24) is 5.32 Å². The van der Waals surface area contributed by atoms with Gasteiger partial charge in [-0.1, -0.05) is 45.0 Å². The largest absolute Gasteiger partial charge is 0.312 e. The third kappa shape index (κ3) is 3.75. The van der Waals surface area contributed by atoms with Crippen LogP contribution in [-0.2, 0) is 11.8 Å². The molecule has 2 heteroatoms. The SMILES string of the molecule is CC(C)(C)c1ccc(CC2CSCCN2)cc1. The maximum atomic E-state index is 3.59. The van der Waals surface area contributed by atoms with Gasteiger partial charge in [0.25, 0.3) is 0 Å². The van der Waals surface area contributed by atoms with E-state index in [1.165, 1.54) is 22.6 Å². The lowest BCUT2D eigenvalue weighted by Gasteiger charge is -2.24. The summed E-state index contributed by atoms with van der Waals surface area (Å²) in [6, 6.07) is 9.81. The molecule has 0 aromatic heterocycles. The number of hydrogen-bond donors (Lipinski definition) is 1. The topological polar surface area (TPSA) is 12.0 Å². The van der Waals surface area contributed by atoms with Crippen molar-refractivity contribution in [2.75, 3.05) is 18.1 Å². The van der Waals surface area contributed by atoms with Crippen LogP contribution in [0.4, 0.5) is 0 Å². The van der Waals surface area contributed by atoms with Crippen LogP contribution in [0, 0.1) is 0 Å². The molecule has 1 aliphatic heterocycles. The van der Waals surface area contributed by atoms with Crippen LogP contribution >= 0.6 is 11.8 Å². The summed E-state index contributed by atoms with van der Waals surface area (Å²) in [4.78, 5) is 0. The number of rotatable bonds is 2. The Bertz CT molecular complexity index is 344. The number of thioether (sulfide) groups is 1. The minimum Gasteiger partial charge on any atom is -0.312 e. The zero-order valence-corrected chi connectivity index (χ0v) is 11.9. The molecule has 1 unspecified atom stereocenters. The summed E-state index contributed by atoms with van der Waals surface area (Å²) in [5.41, 5.74) is 3.14. The van der Waals surface area contributed by atoms with Crippen molar-refractivity contribution < 1.29 is 0 Å². The predicted molar refractivity (Wildman–Crippen MR) is 78.0 cm³/mol. The van der Waals surface area contributed by atoms with Crippen LogP contribution in [0.2, 0.25) is 0 Å². The Kier molecular flexibility index (Phi) is 4.16.